The van der Waals surface area contributed by atoms with Crippen LogP contribution in [-0.4, -0.2) is 13.2 Å². The van der Waals surface area contributed by atoms with Crippen LogP contribution in [0.15, 0.2) is 53.0 Å². The molecule has 0 saturated carbocycles. The van der Waals surface area contributed by atoms with Gasteiger partial charge in [0.1, 0.15) is 24.7 Å². The first-order chi connectivity index (χ1) is 8.75. The van der Waals surface area contributed by atoms with Crippen LogP contribution in [0.2, 0.25) is 0 Å². The van der Waals surface area contributed by atoms with E-state index in [1.54, 1.807) is 0 Å². The number of benzene rings is 2. The Morgan fingerprint density at radius 2 is 1.72 bits per heavy atom. The molecule has 94 valence electrons. The first-order valence-corrected chi connectivity index (χ1v) is 6.40. The molecular weight excluding hydrogens is 294 g/mol. The molecule has 0 aliphatic heterocycles. The summed E-state index contributed by atoms with van der Waals surface area (Å²) < 4.78 is 12.1. The minimum Gasteiger partial charge on any atom is -0.490 e. The summed E-state index contributed by atoms with van der Waals surface area (Å²) in [7, 11) is 0. The molecule has 18 heavy (non-hydrogen) atoms. The smallest absolute Gasteiger partial charge is 0.142 e. The quantitative estimate of drug-likeness (QED) is 0.679. The minimum absolute atomic E-state index is 0.459. The predicted octanol–water partition coefficient (Wildman–Crippen LogP) is 3.49. The number of halogens is 1. The molecule has 0 amide bonds. The molecule has 2 aromatic rings. The zero-order valence-electron chi connectivity index (χ0n) is 9.80. The lowest BCUT2D eigenvalue weighted by Gasteiger charge is -2.10. The maximum Gasteiger partial charge on any atom is 0.142 e. The highest BCUT2D eigenvalue weighted by Crippen LogP contribution is 2.20. The monoisotopic (exact) mass is 307 g/mol. The molecule has 0 saturated heterocycles. The van der Waals surface area contributed by atoms with Crippen LogP contribution in [0.5, 0.6) is 11.5 Å². The molecule has 0 radical (unpaired) electrons. The van der Waals surface area contributed by atoms with Gasteiger partial charge in [0.15, 0.2) is 0 Å². The number of para-hydroxylation sites is 2. The fourth-order valence-electron chi connectivity index (χ4n) is 1.48. The van der Waals surface area contributed by atoms with Gasteiger partial charge in [0.05, 0.1) is 5.69 Å². The second-order valence-electron chi connectivity index (χ2n) is 3.69. The summed E-state index contributed by atoms with van der Waals surface area (Å²) in [5.74, 6) is 1.50. The molecule has 0 aliphatic carbocycles. The molecule has 0 fully saturated rings. The Kier molecular flexibility index (Phi) is 4.47. The Morgan fingerprint density at radius 3 is 2.50 bits per heavy atom. The van der Waals surface area contributed by atoms with Crippen LogP contribution >= 0.6 is 15.9 Å². The molecule has 3 nitrogen and oxygen atoms in total. The molecule has 0 aromatic heterocycles. The molecule has 0 aliphatic rings. The van der Waals surface area contributed by atoms with E-state index in [-0.39, 0.29) is 0 Å². The van der Waals surface area contributed by atoms with Crippen LogP contribution in [0, 0.1) is 0 Å². The summed E-state index contributed by atoms with van der Waals surface area (Å²) >= 11 is 3.39. The third kappa shape index (κ3) is 3.67. The van der Waals surface area contributed by atoms with Crippen molar-refractivity contribution in [3.8, 4) is 11.5 Å². The van der Waals surface area contributed by atoms with Gasteiger partial charge in [-0.05, 0) is 30.3 Å². The third-order valence-electron chi connectivity index (χ3n) is 2.32. The highest BCUT2D eigenvalue weighted by atomic mass is 79.9. The summed E-state index contributed by atoms with van der Waals surface area (Å²) in [5.41, 5.74) is 6.40. The summed E-state index contributed by atoms with van der Waals surface area (Å²) in [6.45, 7) is 0.936. The first-order valence-electron chi connectivity index (χ1n) is 5.61. The van der Waals surface area contributed by atoms with E-state index in [2.05, 4.69) is 15.9 Å². The van der Waals surface area contributed by atoms with Gasteiger partial charge in [0.2, 0.25) is 0 Å². The van der Waals surface area contributed by atoms with Crippen molar-refractivity contribution < 1.29 is 9.47 Å². The molecule has 2 rings (SSSR count). The van der Waals surface area contributed by atoms with Crippen LogP contribution in [0.25, 0.3) is 0 Å². The van der Waals surface area contributed by atoms with Crippen molar-refractivity contribution in [2.75, 3.05) is 18.9 Å². The van der Waals surface area contributed by atoms with E-state index in [0.717, 1.165) is 10.2 Å². The Morgan fingerprint density at radius 1 is 0.944 bits per heavy atom. The lowest BCUT2D eigenvalue weighted by atomic mass is 10.3. The number of hydrogen-bond acceptors (Lipinski definition) is 3. The SMILES string of the molecule is Nc1ccccc1OCCOc1cccc(Br)c1. The van der Waals surface area contributed by atoms with E-state index in [4.69, 9.17) is 15.2 Å². The van der Waals surface area contributed by atoms with E-state index >= 15 is 0 Å². The molecule has 0 unspecified atom stereocenters. The van der Waals surface area contributed by atoms with Crippen LogP contribution in [0.3, 0.4) is 0 Å². The normalized spacial score (nSPS) is 10.1. The van der Waals surface area contributed by atoms with Gasteiger partial charge in [-0.15, -0.1) is 0 Å². The van der Waals surface area contributed by atoms with E-state index in [1.807, 2.05) is 48.5 Å². The second kappa shape index (κ2) is 6.31. The number of rotatable bonds is 5. The Labute approximate surface area is 115 Å². The lowest BCUT2D eigenvalue weighted by molar-refractivity contribution is 0.218. The van der Waals surface area contributed by atoms with Crippen molar-refractivity contribution in [3.63, 3.8) is 0 Å². The van der Waals surface area contributed by atoms with Crippen LogP contribution in [-0.2, 0) is 0 Å². The average molecular weight is 308 g/mol. The van der Waals surface area contributed by atoms with Gasteiger partial charge in [-0.3, -0.25) is 0 Å². The van der Waals surface area contributed by atoms with Crippen LogP contribution in [0.1, 0.15) is 0 Å². The molecule has 0 heterocycles. The molecule has 0 spiro atoms. The molecule has 2 N–H and O–H groups in total. The fourth-order valence-corrected chi connectivity index (χ4v) is 1.86. The molecule has 4 heteroatoms. The lowest BCUT2D eigenvalue weighted by Crippen LogP contribution is -2.09. The molecular formula is C14H14BrNO2. The van der Waals surface area contributed by atoms with Crippen molar-refractivity contribution in [2.45, 2.75) is 0 Å². The number of anilines is 1. The summed E-state index contributed by atoms with van der Waals surface area (Å²) in [6, 6.07) is 15.1. The van der Waals surface area contributed by atoms with Crippen molar-refractivity contribution >= 4 is 21.6 Å². The predicted molar refractivity (Wildman–Crippen MR) is 76.0 cm³/mol. The van der Waals surface area contributed by atoms with Gasteiger partial charge in [-0.2, -0.15) is 0 Å². The van der Waals surface area contributed by atoms with E-state index in [9.17, 15) is 0 Å². The van der Waals surface area contributed by atoms with Crippen molar-refractivity contribution in [1.82, 2.24) is 0 Å². The Hall–Kier alpha value is -1.68. The highest BCUT2D eigenvalue weighted by Gasteiger charge is 1.99. The minimum atomic E-state index is 0.459. The van der Waals surface area contributed by atoms with Crippen molar-refractivity contribution in [2.24, 2.45) is 0 Å². The summed E-state index contributed by atoms with van der Waals surface area (Å²) in [6.07, 6.45) is 0. The maximum atomic E-state index is 5.76. The largest absolute Gasteiger partial charge is 0.490 e. The zero-order chi connectivity index (χ0) is 12.8. The van der Waals surface area contributed by atoms with Gasteiger partial charge in [-0.25, -0.2) is 0 Å². The maximum absolute atomic E-state index is 5.76. The van der Waals surface area contributed by atoms with E-state index < -0.39 is 0 Å². The second-order valence-corrected chi connectivity index (χ2v) is 4.61. The van der Waals surface area contributed by atoms with Gasteiger partial charge < -0.3 is 15.2 Å². The number of hydrogen-bond donors (Lipinski definition) is 1. The molecule has 0 atom stereocenters. The van der Waals surface area contributed by atoms with E-state index in [0.29, 0.717) is 24.7 Å². The Bertz CT molecular complexity index is 517. The van der Waals surface area contributed by atoms with Gasteiger partial charge in [-0.1, -0.05) is 34.1 Å². The average Bonchev–Trinajstić information content (AvgIpc) is 2.37. The molecule has 0 bridgehead atoms. The number of nitrogens with two attached hydrogens (primary N) is 1. The van der Waals surface area contributed by atoms with Crippen molar-refractivity contribution in [1.29, 1.82) is 0 Å². The highest BCUT2D eigenvalue weighted by molar-refractivity contribution is 9.10. The fraction of sp³-hybridized carbons (Fsp3) is 0.143. The van der Waals surface area contributed by atoms with Gasteiger partial charge >= 0.3 is 0 Å². The van der Waals surface area contributed by atoms with Gasteiger partial charge in [0.25, 0.3) is 0 Å². The van der Waals surface area contributed by atoms with Crippen LogP contribution < -0.4 is 15.2 Å². The van der Waals surface area contributed by atoms with Crippen molar-refractivity contribution in [3.05, 3.63) is 53.0 Å². The third-order valence-corrected chi connectivity index (χ3v) is 2.82. The Balaban J connectivity index is 1.78. The van der Waals surface area contributed by atoms with Gasteiger partial charge in [0, 0.05) is 4.47 Å². The summed E-state index contributed by atoms with van der Waals surface area (Å²) in [4.78, 5) is 0. The van der Waals surface area contributed by atoms with E-state index in [1.165, 1.54) is 0 Å². The number of ether oxygens (including phenoxy) is 2. The topological polar surface area (TPSA) is 44.5 Å². The molecule has 2 aromatic carbocycles. The first kappa shape index (κ1) is 12.8. The summed E-state index contributed by atoms with van der Waals surface area (Å²) in [5, 5.41) is 0. The zero-order valence-corrected chi connectivity index (χ0v) is 11.4. The van der Waals surface area contributed by atoms with Crippen LogP contribution in [0.4, 0.5) is 5.69 Å². The number of nitrogen functional groups attached to an aromatic ring is 1. The standard InChI is InChI=1S/C14H14BrNO2/c15-11-4-3-5-12(10-11)17-8-9-18-14-7-2-1-6-13(14)16/h1-7,10H,8-9,16H2.